The standard InChI is InChI=1S/C19H19NO2S/c1-14(21)22-13-19(2,16-9-4-3-5-10-16)23-18-12-15-8-6-7-11-17(15)20-18/h3-12,20H,13H2,1-2H3. The molecule has 23 heavy (non-hydrogen) atoms. The van der Waals surface area contributed by atoms with E-state index < -0.39 is 0 Å². The van der Waals surface area contributed by atoms with Crippen LogP contribution in [0.5, 0.6) is 0 Å². The number of thioether (sulfide) groups is 1. The minimum Gasteiger partial charge on any atom is -0.464 e. The molecule has 0 saturated carbocycles. The van der Waals surface area contributed by atoms with Crippen molar-refractivity contribution in [3.05, 3.63) is 66.2 Å². The third-order valence-corrected chi connectivity index (χ3v) is 5.02. The topological polar surface area (TPSA) is 42.1 Å². The first-order valence-electron chi connectivity index (χ1n) is 7.52. The SMILES string of the molecule is CC(=O)OCC(C)(Sc1cc2ccccc2[nH]1)c1ccccc1. The van der Waals surface area contributed by atoms with Crippen molar-refractivity contribution >= 4 is 28.6 Å². The second-order valence-electron chi connectivity index (χ2n) is 5.70. The number of rotatable bonds is 5. The number of benzene rings is 2. The van der Waals surface area contributed by atoms with Crippen LogP contribution in [0.25, 0.3) is 10.9 Å². The Morgan fingerprint density at radius 2 is 1.83 bits per heavy atom. The van der Waals surface area contributed by atoms with Gasteiger partial charge in [0.25, 0.3) is 0 Å². The van der Waals surface area contributed by atoms with Crippen LogP contribution in [0.2, 0.25) is 0 Å². The molecule has 3 nitrogen and oxygen atoms in total. The second kappa shape index (κ2) is 6.50. The van der Waals surface area contributed by atoms with Gasteiger partial charge >= 0.3 is 5.97 Å². The molecule has 0 radical (unpaired) electrons. The lowest BCUT2D eigenvalue weighted by Crippen LogP contribution is -2.25. The molecule has 3 aromatic rings. The van der Waals surface area contributed by atoms with Gasteiger partial charge in [0, 0.05) is 17.8 Å². The molecule has 0 bridgehead atoms. The molecule has 0 aliphatic rings. The van der Waals surface area contributed by atoms with Gasteiger partial charge in [0.1, 0.15) is 6.61 Å². The number of para-hydroxylation sites is 1. The normalized spacial score (nSPS) is 13.7. The Morgan fingerprint density at radius 1 is 1.13 bits per heavy atom. The van der Waals surface area contributed by atoms with E-state index in [1.54, 1.807) is 11.8 Å². The summed E-state index contributed by atoms with van der Waals surface area (Å²) in [6.07, 6.45) is 0. The number of H-pyrrole nitrogens is 1. The maximum absolute atomic E-state index is 11.3. The predicted octanol–water partition coefficient (Wildman–Crippen LogP) is 4.74. The highest BCUT2D eigenvalue weighted by molar-refractivity contribution is 8.00. The van der Waals surface area contributed by atoms with Crippen LogP contribution in [0.1, 0.15) is 19.4 Å². The van der Waals surface area contributed by atoms with Crippen LogP contribution in [-0.2, 0) is 14.3 Å². The number of carbonyl (C=O) groups is 1. The monoisotopic (exact) mass is 325 g/mol. The Hall–Kier alpha value is -2.20. The summed E-state index contributed by atoms with van der Waals surface area (Å²) < 4.78 is 4.98. The third-order valence-electron chi connectivity index (χ3n) is 3.78. The van der Waals surface area contributed by atoms with Gasteiger partial charge in [-0.2, -0.15) is 0 Å². The van der Waals surface area contributed by atoms with E-state index in [2.05, 4.69) is 42.2 Å². The summed E-state index contributed by atoms with van der Waals surface area (Å²) in [6.45, 7) is 3.87. The number of hydrogen-bond donors (Lipinski definition) is 1. The summed E-state index contributed by atoms with van der Waals surface area (Å²) in [6, 6.07) is 20.5. The molecule has 1 heterocycles. The maximum Gasteiger partial charge on any atom is 0.302 e. The number of hydrogen-bond acceptors (Lipinski definition) is 3. The van der Waals surface area contributed by atoms with E-state index in [4.69, 9.17) is 4.74 Å². The van der Waals surface area contributed by atoms with E-state index in [0.717, 1.165) is 16.1 Å². The number of ether oxygens (including phenoxy) is 1. The maximum atomic E-state index is 11.3. The lowest BCUT2D eigenvalue weighted by atomic mass is 10.0. The van der Waals surface area contributed by atoms with Crippen LogP contribution in [0, 0.1) is 0 Å². The molecule has 118 valence electrons. The van der Waals surface area contributed by atoms with Crippen molar-refractivity contribution in [1.29, 1.82) is 0 Å². The molecule has 1 unspecified atom stereocenters. The van der Waals surface area contributed by atoms with Gasteiger partial charge in [0.2, 0.25) is 0 Å². The lowest BCUT2D eigenvalue weighted by Gasteiger charge is -2.28. The fourth-order valence-electron chi connectivity index (χ4n) is 2.55. The van der Waals surface area contributed by atoms with Crippen LogP contribution >= 0.6 is 11.8 Å². The summed E-state index contributed by atoms with van der Waals surface area (Å²) in [5, 5.41) is 2.24. The number of esters is 1. The molecule has 0 aliphatic heterocycles. The van der Waals surface area contributed by atoms with Crippen molar-refractivity contribution in [1.82, 2.24) is 4.98 Å². The molecule has 3 rings (SSSR count). The van der Waals surface area contributed by atoms with Gasteiger partial charge < -0.3 is 9.72 Å². The van der Waals surface area contributed by atoms with Gasteiger partial charge in [-0.3, -0.25) is 4.79 Å². The number of fused-ring (bicyclic) bond motifs is 1. The first kappa shape index (κ1) is 15.7. The van der Waals surface area contributed by atoms with Crippen molar-refractivity contribution in [2.45, 2.75) is 23.6 Å². The van der Waals surface area contributed by atoms with Gasteiger partial charge in [-0.25, -0.2) is 0 Å². The lowest BCUT2D eigenvalue weighted by molar-refractivity contribution is -0.141. The summed E-state index contributed by atoms with van der Waals surface area (Å²) in [7, 11) is 0. The zero-order valence-corrected chi connectivity index (χ0v) is 14.0. The predicted molar refractivity (Wildman–Crippen MR) is 94.6 cm³/mol. The molecule has 4 heteroatoms. The van der Waals surface area contributed by atoms with E-state index in [1.807, 2.05) is 30.3 Å². The van der Waals surface area contributed by atoms with Crippen molar-refractivity contribution in [2.24, 2.45) is 0 Å². The Morgan fingerprint density at radius 3 is 2.52 bits per heavy atom. The third kappa shape index (κ3) is 3.59. The molecule has 1 atom stereocenters. The average molecular weight is 325 g/mol. The van der Waals surface area contributed by atoms with Crippen LogP contribution in [0.15, 0.2) is 65.7 Å². The highest BCUT2D eigenvalue weighted by Gasteiger charge is 2.30. The zero-order chi connectivity index (χ0) is 16.3. The van der Waals surface area contributed by atoms with Gasteiger partial charge in [0.05, 0.1) is 9.77 Å². The molecular weight excluding hydrogens is 306 g/mol. The highest BCUT2D eigenvalue weighted by Crippen LogP contribution is 2.42. The average Bonchev–Trinajstić information content (AvgIpc) is 2.96. The van der Waals surface area contributed by atoms with Gasteiger partial charge in [-0.05, 0) is 24.6 Å². The summed E-state index contributed by atoms with van der Waals surface area (Å²) in [4.78, 5) is 14.7. The Balaban J connectivity index is 1.93. The van der Waals surface area contributed by atoms with Crippen molar-refractivity contribution in [2.75, 3.05) is 6.61 Å². The molecular formula is C19H19NO2S. The fraction of sp³-hybridized carbons (Fsp3) is 0.211. The van der Waals surface area contributed by atoms with Gasteiger partial charge in [-0.1, -0.05) is 60.3 Å². The first-order chi connectivity index (χ1) is 11.1. The van der Waals surface area contributed by atoms with E-state index in [9.17, 15) is 4.79 Å². The molecule has 1 aromatic heterocycles. The first-order valence-corrected chi connectivity index (χ1v) is 8.34. The van der Waals surface area contributed by atoms with E-state index in [0.29, 0.717) is 6.61 Å². The van der Waals surface area contributed by atoms with Crippen molar-refractivity contribution < 1.29 is 9.53 Å². The van der Waals surface area contributed by atoms with E-state index in [1.165, 1.54) is 12.3 Å². The minimum atomic E-state index is -0.353. The Kier molecular flexibility index (Phi) is 4.44. The number of aromatic amines is 1. The number of nitrogens with one attached hydrogen (secondary N) is 1. The molecule has 0 fully saturated rings. The fourth-order valence-corrected chi connectivity index (χ4v) is 3.75. The molecule has 0 amide bonds. The molecule has 0 spiro atoms. The summed E-state index contributed by atoms with van der Waals surface area (Å²) in [5.41, 5.74) is 2.24. The van der Waals surface area contributed by atoms with Crippen molar-refractivity contribution in [3.8, 4) is 0 Å². The minimum absolute atomic E-state index is 0.260. The Labute approximate surface area is 140 Å². The van der Waals surface area contributed by atoms with Crippen LogP contribution in [-0.4, -0.2) is 17.6 Å². The molecule has 1 N–H and O–H groups in total. The largest absolute Gasteiger partial charge is 0.464 e. The number of carbonyl (C=O) groups excluding carboxylic acids is 1. The van der Waals surface area contributed by atoms with E-state index >= 15 is 0 Å². The number of aromatic nitrogens is 1. The smallest absolute Gasteiger partial charge is 0.302 e. The van der Waals surface area contributed by atoms with E-state index in [-0.39, 0.29) is 10.7 Å². The quantitative estimate of drug-likeness (QED) is 0.544. The molecule has 2 aromatic carbocycles. The van der Waals surface area contributed by atoms with Crippen LogP contribution in [0.4, 0.5) is 0 Å². The van der Waals surface area contributed by atoms with Crippen LogP contribution < -0.4 is 0 Å². The summed E-state index contributed by atoms with van der Waals surface area (Å²) >= 11 is 1.68. The Bertz CT molecular complexity index is 779. The van der Waals surface area contributed by atoms with Crippen LogP contribution in [0.3, 0.4) is 0 Å². The second-order valence-corrected chi connectivity index (χ2v) is 7.25. The summed E-state index contributed by atoms with van der Waals surface area (Å²) in [5.74, 6) is -0.260. The molecule has 0 aliphatic carbocycles. The highest BCUT2D eigenvalue weighted by atomic mass is 32.2. The molecule has 0 saturated heterocycles. The zero-order valence-electron chi connectivity index (χ0n) is 13.2. The van der Waals surface area contributed by atoms with Gasteiger partial charge in [0.15, 0.2) is 0 Å². The van der Waals surface area contributed by atoms with Crippen molar-refractivity contribution in [3.63, 3.8) is 0 Å². The van der Waals surface area contributed by atoms with Gasteiger partial charge in [-0.15, -0.1) is 0 Å².